The van der Waals surface area contributed by atoms with Crippen molar-refractivity contribution in [1.29, 1.82) is 0 Å². The van der Waals surface area contributed by atoms with E-state index in [1.807, 2.05) is 39.0 Å². The lowest BCUT2D eigenvalue weighted by Crippen LogP contribution is -2.36. The number of nitrogens with zero attached hydrogens (tertiary/aromatic N) is 1. The molecule has 2 rings (SSSR count). The summed E-state index contributed by atoms with van der Waals surface area (Å²) in [4.78, 5) is 11.9. The van der Waals surface area contributed by atoms with E-state index in [-0.39, 0.29) is 16.1 Å². The number of aryl methyl sites for hydroxylation is 1. The van der Waals surface area contributed by atoms with Crippen molar-refractivity contribution >= 4 is 39.4 Å². The summed E-state index contributed by atoms with van der Waals surface area (Å²) >= 11 is 8.01. The summed E-state index contributed by atoms with van der Waals surface area (Å²) in [5.74, 6) is -0.247. The van der Waals surface area contributed by atoms with E-state index in [0.29, 0.717) is 30.3 Å². The average molecular weight is 528 g/mol. The van der Waals surface area contributed by atoms with Gasteiger partial charge in [-0.1, -0.05) is 45.4 Å². The summed E-state index contributed by atoms with van der Waals surface area (Å²) in [5.41, 5.74) is 1.78. The predicted molar refractivity (Wildman–Crippen MR) is 139 cm³/mol. The Morgan fingerprint density at radius 1 is 1.18 bits per heavy atom. The molecule has 0 spiro atoms. The molecule has 2 aromatic carbocycles. The van der Waals surface area contributed by atoms with Crippen molar-refractivity contribution in [3.8, 4) is 5.75 Å². The third-order valence-corrected chi connectivity index (χ3v) is 8.79. The van der Waals surface area contributed by atoms with Gasteiger partial charge in [-0.05, 0) is 67.1 Å². The Hall–Kier alpha value is -1.74. The minimum atomic E-state index is -3.69. The Kier molecular flexibility index (Phi) is 10.7. The van der Waals surface area contributed by atoms with Gasteiger partial charge < -0.3 is 9.84 Å². The van der Waals surface area contributed by atoms with E-state index in [2.05, 4.69) is 13.8 Å². The van der Waals surface area contributed by atoms with Crippen molar-refractivity contribution in [3.63, 3.8) is 0 Å². The maximum atomic E-state index is 13.4. The monoisotopic (exact) mass is 527 g/mol. The number of halogens is 1. The van der Waals surface area contributed by atoms with Crippen LogP contribution in [0.2, 0.25) is 5.02 Å². The van der Waals surface area contributed by atoms with Crippen LogP contribution in [0.3, 0.4) is 0 Å². The van der Waals surface area contributed by atoms with Crippen LogP contribution >= 0.6 is 23.4 Å². The van der Waals surface area contributed by atoms with Gasteiger partial charge in [0.25, 0.3) is 0 Å². The van der Waals surface area contributed by atoms with E-state index in [1.54, 1.807) is 30.0 Å². The van der Waals surface area contributed by atoms with Crippen molar-refractivity contribution in [2.24, 2.45) is 0 Å². The highest BCUT2D eigenvalue weighted by Crippen LogP contribution is 2.32. The summed E-state index contributed by atoms with van der Waals surface area (Å²) in [6, 6.07) is 10.6. The normalized spacial score (nSPS) is 13.6. The zero-order chi connectivity index (χ0) is 25.5. The van der Waals surface area contributed by atoms with Crippen molar-refractivity contribution in [1.82, 2.24) is 4.31 Å². The highest BCUT2D eigenvalue weighted by molar-refractivity contribution is 8.00. The molecular formula is C25H34ClNO5S2. The van der Waals surface area contributed by atoms with Gasteiger partial charge >= 0.3 is 5.97 Å². The molecule has 0 radical (unpaired) electrons. The molecular weight excluding hydrogens is 494 g/mol. The quantitative estimate of drug-likeness (QED) is 0.312. The number of rotatable bonds is 13. The Balaban J connectivity index is 2.16. The highest BCUT2D eigenvalue weighted by atomic mass is 35.5. The fourth-order valence-electron chi connectivity index (χ4n) is 3.55. The number of hydrogen-bond acceptors (Lipinski definition) is 5. The molecule has 9 heteroatoms. The Morgan fingerprint density at radius 3 is 2.44 bits per heavy atom. The van der Waals surface area contributed by atoms with Gasteiger partial charge in [0.05, 0.1) is 4.90 Å². The largest absolute Gasteiger partial charge is 0.482 e. The second-order valence-electron chi connectivity index (χ2n) is 8.39. The maximum absolute atomic E-state index is 13.4. The van der Waals surface area contributed by atoms with Gasteiger partial charge in [0.15, 0.2) is 6.61 Å². The van der Waals surface area contributed by atoms with E-state index in [0.717, 1.165) is 22.4 Å². The Bertz CT molecular complexity index is 1090. The van der Waals surface area contributed by atoms with Gasteiger partial charge in [-0.3, -0.25) is 0 Å². The van der Waals surface area contributed by atoms with E-state index < -0.39 is 22.6 Å². The van der Waals surface area contributed by atoms with Crippen LogP contribution in [-0.2, 0) is 14.8 Å². The second-order valence-corrected chi connectivity index (χ2v) is 12.3. The number of carboxylic acid groups (broad SMARTS) is 1. The van der Waals surface area contributed by atoms with Crippen molar-refractivity contribution in [3.05, 3.63) is 52.5 Å². The summed E-state index contributed by atoms with van der Waals surface area (Å²) < 4.78 is 33.7. The fraction of sp³-hybridized carbons (Fsp3) is 0.480. The molecule has 0 aromatic heterocycles. The molecule has 2 unspecified atom stereocenters. The number of aliphatic carboxylic acids is 1. The average Bonchev–Trinajstić information content (AvgIpc) is 2.77. The van der Waals surface area contributed by atoms with Gasteiger partial charge in [0, 0.05) is 28.3 Å². The molecule has 0 amide bonds. The lowest BCUT2D eigenvalue weighted by Gasteiger charge is -2.25. The van der Waals surface area contributed by atoms with Crippen LogP contribution in [0.1, 0.15) is 57.6 Å². The second kappa shape index (κ2) is 12.8. The molecule has 0 bridgehead atoms. The van der Waals surface area contributed by atoms with Crippen LogP contribution in [0.5, 0.6) is 5.75 Å². The molecule has 188 valence electrons. The van der Waals surface area contributed by atoms with E-state index in [1.165, 1.54) is 4.31 Å². The number of sulfonamides is 1. The minimum Gasteiger partial charge on any atom is -0.482 e. The number of ether oxygens (including phenoxy) is 1. The molecule has 34 heavy (non-hydrogen) atoms. The van der Waals surface area contributed by atoms with Crippen molar-refractivity contribution in [2.45, 2.75) is 68.4 Å². The van der Waals surface area contributed by atoms with E-state index in [4.69, 9.17) is 21.4 Å². The molecule has 0 aliphatic rings. The molecule has 0 heterocycles. The van der Waals surface area contributed by atoms with E-state index >= 15 is 0 Å². The molecule has 0 aliphatic carbocycles. The number of benzene rings is 2. The SMILES string of the molecule is CCCN(CC(C)Sc1ccc(OCC(=O)O)c(C)c1)S(=O)(=O)c1ccc(C(C)CC)c(Cl)c1. The van der Waals surface area contributed by atoms with Crippen LogP contribution in [0, 0.1) is 6.92 Å². The van der Waals surface area contributed by atoms with Crippen LogP contribution in [0.15, 0.2) is 46.2 Å². The summed E-state index contributed by atoms with van der Waals surface area (Å²) in [5, 5.41) is 9.26. The van der Waals surface area contributed by atoms with Gasteiger partial charge in [-0.25, -0.2) is 13.2 Å². The molecule has 6 nitrogen and oxygen atoms in total. The van der Waals surface area contributed by atoms with Gasteiger partial charge in [-0.2, -0.15) is 4.31 Å². The number of carbonyl (C=O) groups is 1. The smallest absolute Gasteiger partial charge is 0.341 e. The topological polar surface area (TPSA) is 83.9 Å². The predicted octanol–water partition coefficient (Wildman–Crippen LogP) is 6.21. The summed E-state index contributed by atoms with van der Waals surface area (Å²) in [6.07, 6.45) is 1.62. The highest BCUT2D eigenvalue weighted by Gasteiger charge is 2.27. The summed E-state index contributed by atoms with van der Waals surface area (Å²) in [6.45, 7) is 10.3. The molecule has 2 atom stereocenters. The molecule has 0 aliphatic heterocycles. The first-order valence-electron chi connectivity index (χ1n) is 11.4. The molecule has 0 saturated carbocycles. The first kappa shape index (κ1) is 28.5. The zero-order valence-electron chi connectivity index (χ0n) is 20.4. The molecule has 0 saturated heterocycles. The van der Waals surface area contributed by atoms with E-state index in [9.17, 15) is 13.2 Å². The van der Waals surface area contributed by atoms with Crippen LogP contribution in [0.4, 0.5) is 0 Å². The molecule has 2 aromatic rings. The first-order valence-corrected chi connectivity index (χ1v) is 14.1. The standard InChI is InChI=1S/C25H34ClNO5S2/c1-6-12-27(34(30,31)21-9-10-22(17(3)7-2)23(26)14-21)15-19(5)33-20-8-11-24(18(4)13-20)32-16-25(28)29/h8-11,13-14,17,19H,6-7,12,15-16H2,1-5H3,(H,28,29). The van der Waals surface area contributed by atoms with Crippen LogP contribution < -0.4 is 4.74 Å². The van der Waals surface area contributed by atoms with Gasteiger partial charge in [0.2, 0.25) is 10.0 Å². The fourth-order valence-corrected chi connectivity index (χ4v) is 6.83. The first-order chi connectivity index (χ1) is 16.0. The Morgan fingerprint density at radius 2 is 1.88 bits per heavy atom. The third-order valence-electron chi connectivity index (χ3n) is 5.52. The molecule has 0 fully saturated rings. The minimum absolute atomic E-state index is 0.0126. The Labute approximate surface area is 212 Å². The maximum Gasteiger partial charge on any atom is 0.341 e. The van der Waals surface area contributed by atoms with Gasteiger partial charge in [-0.15, -0.1) is 11.8 Å². The third kappa shape index (κ3) is 7.63. The summed E-state index contributed by atoms with van der Waals surface area (Å²) in [7, 11) is -3.69. The van der Waals surface area contributed by atoms with Crippen molar-refractivity contribution < 1.29 is 23.1 Å². The number of hydrogen-bond donors (Lipinski definition) is 1. The number of carboxylic acids is 1. The van der Waals surface area contributed by atoms with Crippen LogP contribution in [-0.4, -0.2) is 48.7 Å². The lowest BCUT2D eigenvalue weighted by atomic mass is 9.99. The number of thioether (sulfide) groups is 1. The lowest BCUT2D eigenvalue weighted by molar-refractivity contribution is -0.139. The van der Waals surface area contributed by atoms with Crippen molar-refractivity contribution in [2.75, 3.05) is 19.7 Å². The molecule has 1 N–H and O–H groups in total. The van der Waals surface area contributed by atoms with Gasteiger partial charge in [0.1, 0.15) is 5.75 Å². The van der Waals surface area contributed by atoms with Crippen LogP contribution in [0.25, 0.3) is 0 Å². The zero-order valence-corrected chi connectivity index (χ0v) is 22.8.